The number of amides is 2. The highest BCUT2D eigenvalue weighted by Crippen LogP contribution is 2.47. The van der Waals surface area contributed by atoms with Gasteiger partial charge in [-0.2, -0.15) is 0 Å². The molecular formula is C31H34FN3O6. The van der Waals surface area contributed by atoms with Crippen molar-refractivity contribution in [3.05, 3.63) is 77.1 Å². The molecule has 2 aliphatic rings. The minimum absolute atomic E-state index is 0.101. The zero-order chi connectivity index (χ0) is 29.3. The average Bonchev–Trinajstić information content (AvgIpc) is 3.01. The third-order valence-corrected chi connectivity index (χ3v) is 7.97. The van der Waals surface area contributed by atoms with E-state index in [0.717, 1.165) is 11.3 Å². The zero-order valence-electron chi connectivity index (χ0n) is 23.8. The van der Waals surface area contributed by atoms with Crippen LogP contribution in [0.1, 0.15) is 33.4 Å². The number of hydrogen-bond acceptors (Lipinski definition) is 7. The molecule has 10 heteroatoms. The molecule has 0 spiro atoms. The Morgan fingerprint density at radius 2 is 1.37 bits per heavy atom. The number of nitrogens with zero attached hydrogens (tertiary/aromatic N) is 3. The van der Waals surface area contributed by atoms with Crippen molar-refractivity contribution in [2.75, 3.05) is 66.6 Å². The fourth-order valence-electron chi connectivity index (χ4n) is 5.80. The predicted octanol–water partition coefficient (Wildman–Crippen LogP) is 4.12. The minimum atomic E-state index is -0.719. The van der Waals surface area contributed by atoms with Gasteiger partial charge in [0.2, 0.25) is 5.91 Å². The molecule has 0 bridgehead atoms. The Kier molecular flexibility index (Phi) is 7.92. The van der Waals surface area contributed by atoms with Gasteiger partial charge in [0, 0.05) is 44.5 Å². The molecule has 216 valence electrons. The molecule has 2 aliphatic heterocycles. The molecule has 0 saturated carbocycles. The maximum atomic E-state index is 14.5. The average molecular weight is 564 g/mol. The molecule has 3 aromatic rings. The van der Waals surface area contributed by atoms with Gasteiger partial charge in [-0.15, -0.1) is 0 Å². The number of piperazine rings is 1. The predicted molar refractivity (Wildman–Crippen MR) is 152 cm³/mol. The SMILES string of the molecule is COc1ccc([C@@H]2[C@@H](C(=O)N3CCN(c4ccc(F)cc4)CC3)c3cc(OC)c(OC)cc3C(=O)N2C)cc1OC. The van der Waals surface area contributed by atoms with Crippen LogP contribution in [-0.4, -0.2) is 83.3 Å². The van der Waals surface area contributed by atoms with Crippen LogP contribution in [0.5, 0.6) is 23.0 Å². The molecular weight excluding hydrogens is 529 g/mol. The molecule has 3 aromatic carbocycles. The van der Waals surface area contributed by atoms with Crippen LogP contribution in [0, 0.1) is 5.82 Å². The summed E-state index contributed by atoms with van der Waals surface area (Å²) in [4.78, 5) is 33.8. The smallest absolute Gasteiger partial charge is 0.254 e. The number of ether oxygens (including phenoxy) is 4. The standard InChI is InChI=1S/C31H34FN3O6/c1-33-29(19-6-11-24(38-2)25(16-19)39-3)28(22-17-26(40-4)27(41-5)18-23(22)30(33)36)31(37)35-14-12-34(13-15-35)21-9-7-20(32)8-10-21/h6-11,16-18,28-29H,12-15H2,1-5H3/t28-,29+/m0/s1. The lowest BCUT2D eigenvalue weighted by molar-refractivity contribution is -0.134. The first kappa shape index (κ1) is 28.1. The Morgan fingerprint density at radius 3 is 1.98 bits per heavy atom. The van der Waals surface area contributed by atoms with Crippen molar-refractivity contribution in [3.8, 4) is 23.0 Å². The second-order valence-corrected chi connectivity index (χ2v) is 10.0. The van der Waals surface area contributed by atoms with E-state index in [2.05, 4.69) is 4.90 Å². The molecule has 2 amide bonds. The summed E-state index contributed by atoms with van der Waals surface area (Å²) in [5, 5.41) is 0. The molecule has 1 fully saturated rings. The van der Waals surface area contributed by atoms with Crippen molar-refractivity contribution in [1.29, 1.82) is 0 Å². The highest BCUT2D eigenvalue weighted by Gasteiger charge is 2.45. The number of fused-ring (bicyclic) bond motifs is 1. The monoisotopic (exact) mass is 563 g/mol. The summed E-state index contributed by atoms with van der Waals surface area (Å²) < 4.78 is 35.5. The Morgan fingerprint density at radius 1 is 0.780 bits per heavy atom. The third kappa shape index (κ3) is 5.10. The van der Waals surface area contributed by atoms with Gasteiger partial charge in [-0.1, -0.05) is 6.07 Å². The van der Waals surface area contributed by atoms with Crippen molar-refractivity contribution in [1.82, 2.24) is 9.80 Å². The summed E-state index contributed by atoms with van der Waals surface area (Å²) in [6.45, 7) is 2.15. The van der Waals surface area contributed by atoms with Crippen LogP contribution in [-0.2, 0) is 4.79 Å². The van der Waals surface area contributed by atoms with Crippen LogP contribution in [0.2, 0.25) is 0 Å². The van der Waals surface area contributed by atoms with E-state index >= 15 is 0 Å². The van der Waals surface area contributed by atoms with E-state index in [4.69, 9.17) is 18.9 Å². The van der Waals surface area contributed by atoms with Crippen molar-refractivity contribution in [2.45, 2.75) is 12.0 Å². The van der Waals surface area contributed by atoms with E-state index in [1.165, 1.54) is 26.4 Å². The first-order valence-electron chi connectivity index (χ1n) is 13.4. The van der Waals surface area contributed by atoms with Crippen LogP contribution < -0.4 is 23.8 Å². The van der Waals surface area contributed by atoms with E-state index in [0.29, 0.717) is 60.3 Å². The molecule has 1 saturated heterocycles. The number of rotatable bonds is 7. The maximum Gasteiger partial charge on any atom is 0.254 e. The lowest BCUT2D eigenvalue weighted by Crippen LogP contribution is -2.53. The summed E-state index contributed by atoms with van der Waals surface area (Å²) in [5.74, 6) is 0.566. The molecule has 2 atom stereocenters. The highest BCUT2D eigenvalue weighted by atomic mass is 19.1. The van der Waals surface area contributed by atoms with Crippen molar-refractivity contribution in [2.24, 2.45) is 0 Å². The van der Waals surface area contributed by atoms with Crippen molar-refractivity contribution < 1.29 is 32.9 Å². The van der Waals surface area contributed by atoms with Gasteiger partial charge in [0.15, 0.2) is 23.0 Å². The number of likely N-dealkylation sites (N-methyl/N-ethyl adjacent to an activating group) is 1. The quantitative estimate of drug-likeness (QED) is 0.428. The number of carbonyl (C=O) groups is 2. The van der Waals surface area contributed by atoms with E-state index < -0.39 is 12.0 Å². The second kappa shape index (κ2) is 11.6. The Hall–Kier alpha value is -4.47. The fourth-order valence-corrected chi connectivity index (χ4v) is 5.80. The summed E-state index contributed by atoms with van der Waals surface area (Å²) in [7, 11) is 7.85. The van der Waals surface area contributed by atoms with Crippen molar-refractivity contribution in [3.63, 3.8) is 0 Å². The Balaban J connectivity index is 1.55. The topological polar surface area (TPSA) is 80.8 Å². The van der Waals surface area contributed by atoms with Crippen LogP contribution in [0.15, 0.2) is 54.6 Å². The summed E-state index contributed by atoms with van der Waals surface area (Å²) in [6.07, 6.45) is 0. The summed E-state index contributed by atoms with van der Waals surface area (Å²) in [5.41, 5.74) is 2.62. The molecule has 0 aromatic heterocycles. The number of hydrogen-bond donors (Lipinski definition) is 0. The van der Waals surface area contributed by atoms with Crippen molar-refractivity contribution >= 4 is 17.5 Å². The maximum absolute atomic E-state index is 14.5. The molecule has 2 heterocycles. The summed E-state index contributed by atoms with van der Waals surface area (Å²) >= 11 is 0. The van der Waals surface area contributed by atoms with Gasteiger partial charge in [-0.3, -0.25) is 9.59 Å². The van der Waals surface area contributed by atoms with Crippen LogP contribution >= 0.6 is 0 Å². The zero-order valence-corrected chi connectivity index (χ0v) is 23.8. The Bertz CT molecular complexity index is 1440. The van der Waals surface area contributed by atoms with Crippen LogP contribution in [0.3, 0.4) is 0 Å². The van der Waals surface area contributed by atoms with Gasteiger partial charge >= 0.3 is 0 Å². The molecule has 5 rings (SSSR count). The number of anilines is 1. The van der Waals surface area contributed by atoms with E-state index in [1.54, 1.807) is 56.5 Å². The van der Waals surface area contributed by atoms with Gasteiger partial charge in [-0.25, -0.2) is 4.39 Å². The van der Waals surface area contributed by atoms with Gasteiger partial charge in [0.05, 0.1) is 40.4 Å². The van der Waals surface area contributed by atoms with Gasteiger partial charge in [0.25, 0.3) is 5.91 Å². The van der Waals surface area contributed by atoms with E-state index in [1.807, 2.05) is 17.0 Å². The van der Waals surface area contributed by atoms with E-state index in [-0.39, 0.29) is 17.6 Å². The number of benzene rings is 3. The Labute approximate surface area is 239 Å². The van der Waals surface area contributed by atoms with Crippen LogP contribution in [0.4, 0.5) is 10.1 Å². The lowest BCUT2D eigenvalue weighted by Gasteiger charge is -2.43. The number of methoxy groups -OCH3 is 4. The second-order valence-electron chi connectivity index (χ2n) is 10.0. The normalized spacial score (nSPS) is 18.6. The van der Waals surface area contributed by atoms with Gasteiger partial charge in [0.1, 0.15) is 5.82 Å². The molecule has 0 aliphatic carbocycles. The molecule has 0 N–H and O–H groups in total. The van der Waals surface area contributed by atoms with Gasteiger partial charge < -0.3 is 33.6 Å². The lowest BCUT2D eigenvalue weighted by atomic mass is 9.78. The first-order chi connectivity index (χ1) is 19.8. The largest absolute Gasteiger partial charge is 0.493 e. The number of halogens is 1. The fraction of sp³-hybridized carbons (Fsp3) is 0.355. The molecule has 0 radical (unpaired) electrons. The third-order valence-electron chi connectivity index (χ3n) is 7.97. The van der Waals surface area contributed by atoms with E-state index in [9.17, 15) is 14.0 Å². The van der Waals surface area contributed by atoms with Gasteiger partial charge in [-0.05, 0) is 59.7 Å². The molecule has 9 nitrogen and oxygen atoms in total. The molecule has 41 heavy (non-hydrogen) atoms. The number of carbonyl (C=O) groups excluding carboxylic acids is 2. The first-order valence-corrected chi connectivity index (χ1v) is 13.4. The minimum Gasteiger partial charge on any atom is -0.493 e. The summed E-state index contributed by atoms with van der Waals surface area (Å²) in [6, 6.07) is 14.6. The molecule has 0 unspecified atom stereocenters. The highest BCUT2D eigenvalue weighted by molar-refractivity contribution is 6.02. The van der Waals surface area contributed by atoms with Crippen LogP contribution in [0.25, 0.3) is 0 Å².